The molecule has 0 N–H and O–H groups in total. The van der Waals surface area contributed by atoms with Gasteiger partial charge in [-0.05, 0) is 37.3 Å². The predicted molar refractivity (Wildman–Crippen MR) is 92.5 cm³/mol. The van der Waals surface area contributed by atoms with Crippen molar-refractivity contribution in [3.8, 4) is 0 Å². The fourth-order valence-electron chi connectivity index (χ4n) is 4.35. The number of ketones is 1. The molecule has 1 aromatic carbocycles. The predicted octanol–water partition coefficient (Wildman–Crippen LogP) is 3.49. The number of hydrogen-bond acceptors (Lipinski definition) is 4. The van der Waals surface area contributed by atoms with Crippen molar-refractivity contribution in [1.29, 1.82) is 0 Å². The van der Waals surface area contributed by atoms with Crippen LogP contribution in [0.1, 0.15) is 48.3 Å². The molecule has 2 aliphatic heterocycles. The Kier molecular flexibility index (Phi) is 4.39. The third kappa shape index (κ3) is 3.11. The van der Waals surface area contributed by atoms with E-state index in [0.717, 1.165) is 19.4 Å². The molecule has 0 saturated carbocycles. The van der Waals surface area contributed by atoms with Gasteiger partial charge in [-0.25, -0.2) is 9.97 Å². The highest BCUT2D eigenvalue weighted by Gasteiger charge is 2.41. The average molecular weight is 321 g/mol. The van der Waals surface area contributed by atoms with Crippen LogP contribution in [0.15, 0.2) is 48.8 Å². The summed E-state index contributed by atoms with van der Waals surface area (Å²) in [5.74, 6) is 0.596. The van der Waals surface area contributed by atoms with Crippen molar-refractivity contribution in [3.63, 3.8) is 0 Å². The van der Waals surface area contributed by atoms with E-state index in [1.807, 2.05) is 0 Å². The van der Waals surface area contributed by atoms with Crippen LogP contribution in [0, 0.1) is 5.92 Å². The molecule has 4 rings (SSSR count). The normalized spacial score (nSPS) is 26.9. The van der Waals surface area contributed by atoms with Gasteiger partial charge >= 0.3 is 0 Å². The van der Waals surface area contributed by atoms with Crippen molar-refractivity contribution in [3.05, 3.63) is 60.2 Å². The third-order valence-electron chi connectivity index (χ3n) is 5.49. The first-order valence-electron chi connectivity index (χ1n) is 8.92. The van der Waals surface area contributed by atoms with Gasteiger partial charge in [0.2, 0.25) is 5.78 Å². The summed E-state index contributed by atoms with van der Waals surface area (Å²) in [6.45, 7) is 0.999. The molecule has 2 unspecified atom stereocenters. The molecule has 2 aromatic rings. The minimum Gasteiger partial charge on any atom is -0.293 e. The first-order valence-corrected chi connectivity index (χ1v) is 8.92. The molecule has 124 valence electrons. The molecule has 2 fully saturated rings. The number of carbonyl (C=O) groups excluding carboxylic acids is 1. The molecule has 2 saturated heterocycles. The van der Waals surface area contributed by atoms with E-state index in [1.165, 1.54) is 24.8 Å². The van der Waals surface area contributed by atoms with E-state index < -0.39 is 0 Å². The number of fused-ring (bicyclic) bond motifs is 2. The van der Waals surface area contributed by atoms with E-state index in [9.17, 15) is 4.79 Å². The number of rotatable bonds is 4. The maximum atomic E-state index is 12.8. The fraction of sp³-hybridized carbons (Fsp3) is 0.450. The quantitative estimate of drug-likeness (QED) is 0.809. The topological polar surface area (TPSA) is 46.1 Å². The molecule has 0 spiro atoms. The summed E-state index contributed by atoms with van der Waals surface area (Å²) in [7, 11) is 0. The second-order valence-electron chi connectivity index (χ2n) is 7.00. The second kappa shape index (κ2) is 6.81. The molecule has 0 radical (unpaired) electrons. The zero-order valence-electron chi connectivity index (χ0n) is 13.8. The van der Waals surface area contributed by atoms with Gasteiger partial charge in [0, 0.05) is 36.9 Å². The molecule has 2 bridgehead atoms. The SMILES string of the molecule is O=C(c1ncccn1)C1CC2CCCC(C1)N2Cc1ccccc1. The van der Waals surface area contributed by atoms with Crippen molar-refractivity contribution >= 4 is 5.78 Å². The van der Waals surface area contributed by atoms with Crippen molar-refractivity contribution in [2.75, 3.05) is 0 Å². The maximum absolute atomic E-state index is 12.8. The Labute approximate surface area is 142 Å². The molecule has 2 atom stereocenters. The zero-order valence-corrected chi connectivity index (χ0v) is 13.8. The Hall–Kier alpha value is -2.07. The van der Waals surface area contributed by atoms with Gasteiger partial charge in [0.05, 0.1) is 0 Å². The lowest BCUT2D eigenvalue weighted by atomic mass is 9.76. The van der Waals surface area contributed by atoms with Gasteiger partial charge in [0.15, 0.2) is 5.82 Å². The van der Waals surface area contributed by atoms with Crippen LogP contribution in [0.5, 0.6) is 0 Å². The highest BCUT2D eigenvalue weighted by molar-refractivity contribution is 5.94. The third-order valence-corrected chi connectivity index (χ3v) is 5.49. The summed E-state index contributed by atoms with van der Waals surface area (Å²) in [6.07, 6.45) is 8.88. The molecule has 0 amide bonds. The van der Waals surface area contributed by atoms with Crippen LogP contribution in [-0.2, 0) is 6.54 Å². The monoisotopic (exact) mass is 321 g/mol. The highest BCUT2D eigenvalue weighted by Crippen LogP contribution is 2.38. The van der Waals surface area contributed by atoms with Gasteiger partial charge in [0.25, 0.3) is 0 Å². The van der Waals surface area contributed by atoms with E-state index >= 15 is 0 Å². The molecule has 4 heteroatoms. The van der Waals surface area contributed by atoms with Crippen LogP contribution >= 0.6 is 0 Å². The Morgan fingerprint density at radius 3 is 2.33 bits per heavy atom. The van der Waals surface area contributed by atoms with Crippen LogP contribution in [-0.4, -0.2) is 32.7 Å². The van der Waals surface area contributed by atoms with Crippen molar-refractivity contribution in [2.24, 2.45) is 5.92 Å². The Morgan fingerprint density at radius 2 is 1.67 bits per heavy atom. The number of carbonyl (C=O) groups is 1. The minimum atomic E-state index is 0.0784. The highest BCUT2D eigenvalue weighted by atomic mass is 16.1. The number of benzene rings is 1. The standard InChI is InChI=1S/C20H23N3O/c24-19(20-21-10-5-11-22-20)16-12-17-8-4-9-18(13-16)23(17)14-15-6-2-1-3-7-15/h1-3,5-7,10-11,16-18H,4,8-9,12-14H2. The van der Waals surface area contributed by atoms with Crippen LogP contribution < -0.4 is 0 Å². The molecule has 24 heavy (non-hydrogen) atoms. The van der Waals surface area contributed by atoms with Crippen LogP contribution in [0.4, 0.5) is 0 Å². The number of Topliss-reactive ketones (excluding diaryl/α,β-unsaturated/α-hetero) is 1. The van der Waals surface area contributed by atoms with Crippen molar-refractivity contribution < 1.29 is 4.79 Å². The lowest BCUT2D eigenvalue weighted by Crippen LogP contribution is -2.52. The number of nitrogens with zero attached hydrogens (tertiary/aromatic N) is 3. The van der Waals surface area contributed by atoms with Gasteiger partial charge in [-0.3, -0.25) is 9.69 Å². The van der Waals surface area contributed by atoms with Crippen LogP contribution in [0.25, 0.3) is 0 Å². The molecule has 0 aliphatic carbocycles. The van der Waals surface area contributed by atoms with Gasteiger partial charge in [0.1, 0.15) is 0 Å². The zero-order chi connectivity index (χ0) is 16.4. The van der Waals surface area contributed by atoms with Gasteiger partial charge in [-0.15, -0.1) is 0 Å². The largest absolute Gasteiger partial charge is 0.293 e. The van der Waals surface area contributed by atoms with Crippen LogP contribution in [0.2, 0.25) is 0 Å². The van der Waals surface area contributed by atoms with E-state index in [1.54, 1.807) is 18.5 Å². The maximum Gasteiger partial charge on any atom is 0.203 e. The Balaban J connectivity index is 1.49. The molecule has 4 nitrogen and oxygen atoms in total. The Morgan fingerprint density at radius 1 is 1.00 bits per heavy atom. The Bertz CT molecular complexity index is 675. The number of piperidine rings is 2. The first kappa shape index (κ1) is 15.5. The number of aromatic nitrogens is 2. The molecular weight excluding hydrogens is 298 g/mol. The molecule has 1 aromatic heterocycles. The lowest BCUT2D eigenvalue weighted by Gasteiger charge is -2.48. The van der Waals surface area contributed by atoms with Gasteiger partial charge in [-0.2, -0.15) is 0 Å². The van der Waals surface area contributed by atoms with E-state index in [4.69, 9.17) is 0 Å². The van der Waals surface area contributed by atoms with Crippen molar-refractivity contribution in [1.82, 2.24) is 14.9 Å². The van der Waals surface area contributed by atoms with Gasteiger partial charge < -0.3 is 0 Å². The fourth-order valence-corrected chi connectivity index (χ4v) is 4.35. The summed E-state index contributed by atoms with van der Waals surface area (Å²) in [5.41, 5.74) is 1.37. The second-order valence-corrected chi connectivity index (χ2v) is 7.00. The average Bonchev–Trinajstić information content (AvgIpc) is 2.62. The minimum absolute atomic E-state index is 0.0784. The van der Waals surface area contributed by atoms with Gasteiger partial charge in [-0.1, -0.05) is 36.8 Å². The first-order chi connectivity index (χ1) is 11.8. The molecule has 2 aliphatic rings. The summed E-state index contributed by atoms with van der Waals surface area (Å²) in [4.78, 5) is 23.7. The van der Waals surface area contributed by atoms with Crippen molar-refractivity contribution in [2.45, 2.75) is 50.7 Å². The molecular formula is C20H23N3O. The van der Waals surface area contributed by atoms with E-state index in [2.05, 4.69) is 45.2 Å². The summed E-state index contributed by atoms with van der Waals surface area (Å²) in [5, 5.41) is 0. The lowest BCUT2D eigenvalue weighted by molar-refractivity contribution is 0.00875. The summed E-state index contributed by atoms with van der Waals surface area (Å²) >= 11 is 0. The molecule has 3 heterocycles. The summed E-state index contributed by atoms with van der Waals surface area (Å²) in [6, 6.07) is 13.5. The van der Waals surface area contributed by atoms with E-state index in [-0.39, 0.29) is 11.7 Å². The van der Waals surface area contributed by atoms with E-state index in [0.29, 0.717) is 17.9 Å². The van der Waals surface area contributed by atoms with Crippen LogP contribution in [0.3, 0.4) is 0 Å². The summed E-state index contributed by atoms with van der Waals surface area (Å²) < 4.78 is 0. The smallest absolute Gasteiger partial charge is 0.203 e. The number of hydrogen-bond donors (Lipinski definition) is 0.